The fraction of sp³-hybridized carbons (Fsp3) is 0.217. The second-order valence-electron chi connectivity index (χ2n) is 7.54. The van der Waals surface area contributed by atoms with Crippen molar-refractivity contribution in [3.8, 4) is 5.75 Å². The van der Waals surface area contributed by atoms with Gasteiger partial charge >= 0.3 is 0 Å². The van der Waals surface area contributed by atoms with Gasteiger partial charge in [-0.15, -0.1) is 0 Å². The van der Waals surface area contributed by atoms with Crippen LogP contribution in [-0.2, 0) is 5.41 Å². The van der Waals surface area contributed by atoms with Gasteiger partial charge in [0.25, 0.3) is 5.91 Å². The summed E-state index contributed by atoms with van der Waals surface area (Å²) in [4.78, 5) is 17.1. The van der Waals surface area contributed by atoms with Crippen LogP contribution in [0.15, 0.2) is 66.9 Å². The molecular weight excluding hydrogens is 350 g/mol. The number of amides is 1. The summed E-state index contributed by atoms with van der Waals surface area (Å²) in [5.41, 5.74) is 3.21. The number of methoxy groups -OCH3 is 1. The monoisotopic (exact) mass is 375 g/mol. The zero-order valence-electron chi connectivity index (χ0n) is 16.6. The van der Waals surface area contributed by atoms with Crippen LogP contribution in [-0.4, -0.2) is 18.0 Å². The van der Waals surface area contributed by atoms with E-state index in [0.29, 0.717) is 11.4 Å². The van der Waals surface area contributed by atoms with Gasteiger partial charge in [0.15, 0.2) is 0 Å². The summed E-state index contributed by atoms with van der Waals surface area (Å²) < 4.78 is 5.23. The van der Waals surface area contributed by atoms with Crippen LogP contribution < -0.4 is 15.4 Å². The lowest BCUT2D eigenvalue weighted by atomic mass is 9.86. The average molecular weight is 375 g/mol. The Morgan fingerprint density at radius 3 is 2.54 bits per heavy atom. The second kappa shape index (κ2) is 8.13. The van der Waals surface area contributed by atoms with Crippen LogP contribution >= 0.6 is 0 Å². The first-order valence-electron chi connectivity index (χ1n) is 9.15. The maximum Gasteiger partial charge on any atom is 0.255 e. The van der Waals surface area contributed by atoms with E-state index in [0.717, 1.165) is 22.7 Å². The largest absolute Gasteiger partial charge is 0.497 e. The second-order valence-corrected chi connectivity index (χ2v) is 7.54. The van der Waals surface area contributed by atoms with E-state index >= 15 is 0 Å². The lowest BCUT2D eigenvalue weighted by molar-refractivity contribution is 0.102. The predicted octanol–water partition coefficient (Wildman–Crippen LogP) is 5.38. The van der Waals surface area contributed by atoms with E-state index in [1.165, 1.54) is 0 Å². The minimum Gasteiger partial charge on any atom is -0.497 e. The van der Waals surface area contributed by atoms with Gasteiger partial charge in [0.05, 0.1) is 7.11 Å². The normalized spacial score (nSPS) is 11.0. The third kappa shape index (κ3) is 4.68. The zero-order valence-corrected chi connectivity index (χ0v) is 16.6. The highest BCUT2D eigenvalue weighted by atomic mass is 16.5. The van der Waals surface area contributed by atoms with Crippen molar-refractivity contribution in [1.82, 2.24) is 4.98 Å². The standard InChI is InChI=1S/C23H25N3O2/c1-23(2,3)19-10-5-6-11-20(19)26-22(27)16-12-13-24-21(14-16)25-17-8-7-9-18(15-17)28-4/h5-15H,1-4H3,(H,24,25)(H,26,27). The number of para-hydroxylation sites is 1. The predicted molar refractivity (Wildman–Crippen MR) is 114 cm³/mol. The summed E-state index contributed by atoms with van der Waals surface area (Å²) in [5, 5.41) is 6.23. The molecule has 2 aromatic carbocycles. The molecule has 0 atom stereocenters. The van der Waals surface area contributed by atoms with Gasteiger partial charge in [0, 0.05) is 29.2 Å². The average Bonchev–Trinajstić information content (AvgIpc) is 2.68. The van der Waals surface area contributed by atoms with Gasteiger partial charge in [-0.25, -0.2) is 4.98 Å². The molecule has 1 heterocycles. The molecule has 5 heteroatoms. The highest BCUT2D eigenvalue weighted by Gasteiger charge is 2.19. The molecule has 3 aromatic rings. The van der Waals surface area contributed by atoms with Crippen LogP contribution in [0.1, 0.15) is 36.7 Å². The molecule has 144 valence electrons. The number of nitrogens with one attached hydrogen (secondary N) is 2. The first-order chi connectivity index (χ1) is 13.4. The summed E-state index contributed by atoms with van der Waals surface area (Å²) >= 11 is 0. The Balaban J connectivity index is 1.80. The van der Waals surface area contributed by atoms with Gasteiger partial charge in [-0.2, -0.15) is 0 Å². The van der Waals surface area contributed by atoms with Gasteiger partial charge in [-0.1, -0.05) is 45.0 Å². The molecular formula is C23H25N3O2. The molecule has 0 aliphatic rings. The molecule has 0 fully saturated rings. The van der Waals surface area contributed by atoms with Gasteiger partial charge in [-0.05, 0) is 41.3 Å². The Hall–Kier alpha value is -3.34. The molecule has 0 unspecified atom stereocenters. The highest BCUT2D eigenvalue weighted by Crippen LogP contribution is 2.29. The maximum absolute atomic E-state index is 12.8. The smallest absolute Gasteiger partial charge is 0.255 e. The molecule has 1 amide bonds. The van der Waals surface area contributed by atoms with Crippen molar-refractivity contribution in [2.45, 2.75) is 26.2 Å². The molecule has 2 N–H and O–H groups in total. The van der Waals surface area contributed by atoms with E-state index in [-0.39, 0.29) is 11.3 Å². The Labute approximate surface area is 165 Å². The number of nitrogens with zero attached hydrogens (tertiary/aromatic N) is 1. The summed E-state index contributed by atoms with van der Waals surface area (Å²) in [6.45, 7) is 6.38. The van der Waals surface area contributed by atoms with E-state index < -0.39 is 0 Å². The number of aromatic nitrogens is 1. The highest BCUT2D eigenvalue weighted by molar-refractivity contribution is 6.05. The number of anilines is 3. The van der Waals surface area contributed by atoms with Gasteiger partial charge in [-0.3, -0.25) is 4.79 Å². The molecule has 0 radical (unpaired) electrons. The van der Waals surface area contributed by atoms with Gasteiger partial charge in [0.2, 0.25) is 0 Å². The first kappa shape index (κ1) is 19.4. The zero-order chi connectivity index (χ0) is 20.1. The molecule has 0 saturated carbocycles. The molecule has 0 aliphatic carbocycles. The molecule has 3 rings (SSSR count). The molecule has 5 nitrogen and oxygen atoms in total. The summed E-state index contributed by atoms with van der Waals surface area (Å²) in [6.07, 6.45) is 1.62. The fourth-order valence-corrected chi connectivity index (χ4v) is 2.93. The van der Waals surface area contributed by atoms with E-state index in [9.17, 15) is 4.79 Å². The summed E-state index contributed by atoms with van der Waals surface area (Å²) in [6, 6.07) is 18.8. The third-order valence-electron chi connectivity index (χ3n) is 4.35. The van der Waals surface area contributed by atoms with Gasteiger partial charge < -0.3 is 15.4 Å². The summed E-state index contributed by atoms with van der Waals surface area (Å²) in [5.74, 6) is 1.16. The van der Waals surface area contributed by atoms with Crippen molar-refractivity contribution in [2.75, 3.05) is 17.7 Å². The third-order valence-corrected chi connectivity index (χ3v) is 4.35. The van der Waals surface area contributed by atoms with E-state index in [4.69, 9.17) is 4.74 Å². The van der Waals surface area contributed by atoms with Crippen LogP contribution in [0.5, 0.6) is 5.75 Å². The molecule has 0 bridgehead atoms. The van der Waals surface area contributed by atoms with Crippen LogP contribution in [0, 0.1) is 0 Å². The van der Waals surface area contributed by atoms with Crippen LogP contribution in [0.25, 0.3) is 0 Å². The number of hydrogen-bond acceptors (Lipinski definition) is 4. The van der Waals surface area contributed by atoms with Crippen LogP contribution in [0.2, 0.25) is 0 Å². The van der Waals surface area contributed by atoms with Crippen molar-refractivity contribution in [1.29, 1.82) is 0 Å². The lowest BCUT2D eigenvalue weighted by Crippen LogP contribution is -2.18. The van der Waals surface area contributed by atoms with E-state index in [2.05, 4.69) is 36.4 Å². The van der Waals surface area contributed by atoms with Crippen molar-refractivity contribution < 1.29 is 9.53 Å². The maximum atomic E-state index is 12.8. The number of hydrogen-bond donors (Lipinski definition) is 2. The van der Waals surface area contributed by atoms with E-state index in [1.807, 2.05) is 48.5 Å². The van der Waals surface area contributed by atoms with Crippen molar-refractivity contribution in [3.05, 3.63) is 78.0 Å². The Morgan fingerprint density at radius 2 is 1.79 bits per heavy atom. The summed E-state index contributed by atoms with van der Waals surface area (Å²) in [7, 11) is 1.62. The molecule has 28 heavy (non-hydrogen) atoms. The lowest BCUT2D eigenvalue weighted by Gasteiger charge is -2.23. The van der Waals surface area contributed by atoms with Crippen molar-refractivity contribution >= 4 is 23.1 Å². The number of ether oxygens (including phenoxy) is 1. The minimum absolute atomic E-state index is 0.0683. The van der Waals surface area contributed by atoms with Gasteiger partial charge in [0.1, 0.15) is 11.6 Å². The minimum atomic E-state index is -0.173. The molecule has 0 aliphatic heterocycles. The Morgan fingerprint density at radius 1 is 1.00 bits per heavy atom. The SMILES string of the molecule is COc1cccc(Nc2cc(C(=O)Nc3ccccc3C(C)(C)C)ccn2)c1. The van der Waals surface area contributed by atoms with Crippen molar-refractivity contribution in [2.24, 2.45) is 0 Å². The number of carbonyl (C=O) groups is 1. The Bertz CT molecular complexity index is 977. The Kier molecular flexibility index (Phi) is 5.64. The number of rotatable bonds is 5. The number of carbonyl (C=O) groups excluding carboxylic acids is 1. The number of benzene rings is 2. The van der Waals surface area contributed by atoms with Crippen LogP contribution in [0.4, 0.5) is 17.2 Å². The number of pyridine rings is 1. The van der Waals surface area contributed by atoms with Crippen molar-refractivity contribution in [3.63, 3.8) is 0 Å². The topological polar surface area (TPSA) is 63.2 Å². The fourth-order valence-electron chi connectivity index (χ4n) is 2.93. The van der Waals surface area contributed by atoms with E-state index in [1.54, 1.807) is 25.4 Å². The van der Waals surface area contributed by atoms with Crippen LogP contribution in [0.3, 0.4) is 0 Å². The quantitative estimate of drug-likeness (QED) is 0.628. The molecule has 1 aromatic heterocycles. The molecule has 0 saturated heterocycles. The first-order valence-corrected chi connectivity index (χ1v) is 9.15. The molecule has 0 spiro atoms.